The van der Waals surface area contributed by atoms with Gasteiger partial charge in [-0.3, -0.25) is 4.79 Å². The van der Waals surface area contributed by atoms with Crippen LogP contribution in [0.5, 0.6) is 5.75 Å². The van der Waals surface area contributed by atoms with Gasteiger partial charge in [0.05, 0.1) is 19.3 Å². The van der Waals surface area contributed by atoms with Gasteiger partial charge in [-0.05, 0) is 49.4 Å². The molecule has 1 aromatic rings. The molecule has 1 aromatic carbocycles. The van der Waals surface area contributed by atoms with Gasteiger partial charge in [-0.15, -0.1) is 0 Å². The Morgan fingerprint density at radius 1 is 1.42 bits per heavy atom. The van der Waals surface area contributed by atoms with Gasteiger partial charge in [-0.2, -0.15) is 0 Å². The van der Waals surface area contributed by atoms with E-state index in [-0.39, 0.29) is 18.6 Å². The Hall–Kier alpha value is -1.55. The van der Waals surface area contributed by atoms with Crippen LogP contribution >= 0.6 is 0 Å². The number of aliphatic hydroxyl groups excluding tert-OH is 1. The highest BCUT2D eigenvalue weighted by atomic mass is 16.5. The zero-order chi connectivity index (χ0) is 13.7. The van der Waals surface area contributed by atoms with Crippen molar-refractivity contribution >= 4 is 5.91 Å². The summed E-state index contributed by atoms with van der Waals surface area (Å²) in [7, 11) is 0. The summed E-state index contributed by atoms with van der Waals surface area (Å²) in [4.78, 5) is 11.9. The first kappa shape index (κ1) is 13.9. The standard InChI is InChI=1S/C15H21NO3/c1-2-13(9-17)16-15(18)12-5-7-14(8-6-12)19-10-11-3-4-11/h5-8,11,13,17H,2-4,9-10H2,1H3,(H,16,18). The molecule has 1 amide bonds. The molecule has 1 unspecified atom stereocenters. The molecular formula is C15H21NO3. The van der Waals surface area contributed by atoms with Crippen LogP contribution in [0.15, 0.2) is 24.3 Å². The summed E-state index contributed by atoms with van der Waals surface area (Å²) < 4.78 is 5.62. The molecule has 0 aromatic heterocycles. The number of carbonyl (C=O) groups is 1. The molecule has 0 heterocycles. The highest BCUT2D eigenvalue weighted by molar-refractivity contribution is 5.94. The summed E-state index contributed by atoms with van der Waals surface area (Å²) in [6.45, 7) is 2.66. The normalized spacial score (nSPS) is 15.9. The minimum absolute atomic E-state index is 0.0369. The average Bonchev–Trinajstić information content (AvgIpc) is 3.27. The molecule has 2 N–H and O–H groups in total. The molecule has 1 saturated carbocycles. The quantitative estimate of drug-likeness (QED) is 0.791. The fourth-order valence-corrected chi connectivity index (χ4v) is 1.75. The summed E-state index contributed by atoms with van der Waals surface area (Å²) in [5.41, 5.74) is 0.589. The third kappa shape index (κ3) is 4.24. The van der Waals surface area contributed by atoms with Crippen molar-refractivity contribution in [1.29, 1.82) is 0 Å². The predicted molar refractivity (Wildman–Crippen MR) is 73.3 cm³/mol. The molecule has 0 aliphatic heterocycles. The molecule has 1 aliphatic rings. The van der Waals surface area contributed by atoms with Crippen LogP contribution in [0.2, 0.25) is 0 Å². The molecule has 0 spiro atoms. The molecular weight excluding hydrogens is 242 g/mol. The van der Waals surface area contributed by atoms with Crippen molar-refractivity contribution in [2.75, 3.05) is 13.2 Å². The number of nitrogens with one attached hydrogen (secondary N) is 1. The number of hydrogen-bond acceptors (Lipinski definition) is 3. The SMILES string of the molecule is CCC(CO)NC(=O)c1ccc(OCC2CC2)cc1. The topological polar surface area (TPSA) is 58.6 Å². The van der Waals surface area contributed by atoms with Gasteiger partial charge >= 0.3 is 0 Å². The zero-order valence-electron chi connectivity index (χ0n) is 11.3. The smallest absolute Gasteiger partial charge is 0.251 e. The number of ether oxygens (including phenoxy) is 1. The molecule has 4 heteroatoms. The van der Waals surface area contributed by atoms with Crippen LogP contribution in [-0.4, -0.2) is 30.3 Å². The van der Waals surface area contributed by atoms with Crippen LogP contribution in [0, 0.1) is 5.92 Å². The molecule has 1 fully saturated rings. The summed E-state index contributed by atoms with van der Waals surface area (Å²) in [6.07, 6.45) is 3.24. The second-order valence-corrected chi connectivity index (χ2v) is 5.04. The molecule has 19 heavy (non-hydrogen) atoms. The Balaban J connectivity index is 1.87. The van der Waals surface area contributed by atoms with Gasteiger partial charge in [0.1, 0.15) is 5.75 Å². The fraction of sp³-hybridized carbons (Fsp3) is 0.533. The number of hydrogen-bond donors (Lipinski definition) is 2. The van der Waals surface area contributed by atoms with Crippen molar-refractivity contribution in [1.82, 2.24) is 5.32 Å². The Bertz CT molecular complexity index is 408. The monoisotopic (exact) mass is 263 g/mol. The summed E-state index contributed by atoms with van der Waals surface area (Å²) in [5.74, 6) is 1.37. The fourth-order valence-electron chi connectivity index (χ4n) is 1.75. The minimum atomic E-state index is -0.182. The summed E-state index contributed by atoms with van der Waals surface area (Å²) >= 11 is 0. The van der Waals surface area contributed by atoms with Gasteiger partial charge in [0, 0.05) is 5.56 Å². The maximum Gasteiger partial charge on any atom is 0.251 e. The van der Waals surface area contributed by atoms with Crippen LogP contribution in [-0.2, 0) is 0 Å². The second kappa shape index (κ2) is 6.57. The molecule has 0 bridgehead atoms. The Kier molecular flexibility index (Phi) is 4.80. The minimum Gasteiger partial charge on any atom is -0.493 e. The highest BCUT2D eigenvalue weighted by Gasteiger charge is 2.21. The van der Waals surface area contributed by atoms with Gasteiger partial charge in [0.2, 0.25) is 0 Å². The van der Waals surface area contributed by atoms with Crippen LogP contribution in [0.4, 0.5) is 0 Å². The lowest BCUT2D eigenvalue weighted by atomic mass is 10.1. The Labute approximate surface area is 113 Å². The lowest BCUT2D eigenvalue weighted by Crippen LogP contribution is -2.36. The van der Waals surface area contributed by atoms with Crippen LogP contribution in [0.3, 0.4) is 0 Å². The van der Waals surface area contributed by atoms with E-state index >= 15 is 0 Å². The largest absolute Gasteiger partial charge is 0.493 e. The number of amides is 1. The van der Waals surface area contributed by atoms with Crippen molar-refractivity contribution in [2.45, 2.75) is 32.2 Å². The maximum absolute atomic E-state index is 11.9. The second-order valence-electron chi connectivity index (χ2n) is 5.04. The van der Waals surface area contributed by atoms with E-state index in [1.54, 1.807) is 12.1 Å². The average molecular weight is 263 g/mol. The third-order valence-electron chi connectivity index (χ3n) is 3.35. The highest BCUT2D eigenvalue weighted by Crippen LogP contribution is 2.29. The van der Waals surface area contributed by atoms with E-state index in [0.717, 1.165) is 18.3 Å². The van der Waals surface area contributed by atoms with E-state index in [1.807, 2.05) is 19.1 Å². The van der Waals surface area contributed by atoms with Crippen molar-refractivity contribution in [2.24, 2.45) is 5.92 Å². The molecule has 0 saturated heterocycles. The van der Waals surface area contributed by atoms with E-state index in [1.165, 1.54) is 12.8 Å². The van der Waals surface area contributed by atoms with E-state index in [4.69, 9.17) is 9.84 Å². The Morgan fingerprint density at radius 2 is 2.11 bits per heavy atom. The van der Waals surface area contributed by atoms with Crippen LogP contribution in [0.25, 0.3) is 0 Å². The maximum atomic E-state index is 11.9. The van der Waals surface area contributed by atoms with E-state index in [0.29, 0.717) is 12.0 Å². The molecule has 1 atom stereocenters. The van der Waals surface area contributed by atoms with Gasteiger partial charge < -0.3 is 15.2 Å². The molecule has 1 aliphatic carbocycles. The molecule has 2 rings (SSSR count). The number of rotatable bonds is 7. The van der Waals surface area contributed by atoms with Gasteiger partial charge in [-0.25, -0.2) is 0 Å². The number of benzene rings is 1. The van der Waals surface area contributed by atoms with Crippen molar-refractivity contribution in [3.8, 4) is 5.75 Å². The number of carbonyl (C=O) groups excluding carboxylic acids is 1. The van der Waals surface area contributed by atoms with Gasteiger partial charge in [0.15, 0.2) is 0 Å². The molecule has 4 nitrogen and oxygen atoms in total. The summed E-state index contributed by atoms with van der Waals surface area (Å²) in [6, 6.07) is 6.95. The van der Waals surface area contributed by atoms with Crippen molar-refractivity contribution in [3.63, 3.8) is 0 Å². The summed E-state index contributed by atoms with van der Waals surface area (Å²) in [5, 5.41) is 11.8. The zero-order valence-corrected chi connectivity index (χ0v) is 11.3. The first-order valence-electron chi connectivity index (χ1n) is 6.87. The van der Waals surface area contributed by atoms with Gasteiger partial charge in [-0.1, -0.05) is 6.92 Å². The van der Waals surface area contributed by atoms with E-state index in [9.17, 15) is 4.79 Å². The molecule has 0 radical (unpaired) electrons. The first-order valence-corrected chi connectivity index (χ1v) is 6.87. The molecule has 104 valence electrons. The van der Waals surface area contributed by atoms with Gasteiger partial charge in [0.25, 0.3) is 5.91 Å². The first-order chi connectivity index (χ1) is 9.22. The van der Waals surface area contributed by atoms with Crippen molar-refractivity contribution < 1.29 is 14.6 Å². The van der Waals surface area contributed by atoms with E-state index < -0.39 is 0 Å². The number of aliphatic hydroxyl groups is 1. The lowest BCUT2D eigenvalue weighted by molar-refractivity contribution is 0.0915. The van der Waals surface area contributed by atoms with E-state index in [2.05, 4.69) is 5.32 Å². The Morgan fingerprint density at radius 3 is 2.63 bits per heavy atom. The van der Waals surface area contributed by atoms with Crippen LogP contribution in [0.1, 0.15) is 36.5 Å². The predicted octanol–water partition coefficient (Wildman–Crippen LogP) is 1.98. The van der Waals surface area contributed by atoms with Crippen LogP contribution < -0.4 is 10.1 Å². The lowest BCUT2D eigenvalue weighted by Gasteiger charge is -2.14. The third-order valence-corrected chi connectivity index (χ3v) is 3.35. The van der Waals surface area contributed by atoms with Crippen molar-refractivity contribution in [3.05, 3.63) is 29.8 Å².